The second-order valence-corrected chi connectivity index (χ2v) is 6.51. The van der Waals surface area contributed by atoms with Gasteiger partial charge in [0.1, 0.15) is 0 Å². The van der Waals surface area contributed by atoms with Gasteiger partial charge in [0.05, 0.1) is 18.8 Å². The number of carbonyl (C=O) groups is 1. The van der Waals surface area contributed by atoms with Crippen LogP contribution in [0.1, 0.15) is 39.5 Å². The van der Waals surface area contributed by atoms with Crippen molar-refractivity contribution in [2.45, 2.75) is 45.1 Å². The van der Waals surface area contributed by atoms with E-state index in [-0.39, 0.29) is 5.91 Å². The van der Waals surface area contributed by atoms with Crippen LogP contribution in [0.25, 0.3) is 0 Å². The third-order valence-electron chi connectivity index (χ3n) is 5.21. The average molecular weight is 297 g/mol. The average Bonchev–Trinajstić information content (AvgIpc) is 2.55. The van der Waals surface area contributed by atoms with Gasteiger partial charge in [-0.1, -0.05) is 13.8 Å². The Kier molecular flexibility index (Phi) is 6.02. The van der Waals surface area contributed by atoms with Crippen molar-refractivity contribution in [1.82, 2.24) is 9.80 Å². The second kappa shape index (κ2) is 7.56. The molecule has 2 fully saturated rings. The highest BCUT2D eigenvalue weighted by Gasteiger charge is 2.35. The van der Waals surface area contributed by atoms with Gasteiger partial charge < -0.3 is 15.4 Å². The quantitative estimate of drug-likeness (QED) is 0.825. The Morgan fingerprint density at radius 1 is 1.14 bits per heavy atom. The molecule has 2 aliphatic rings. The fourth-order valence-electron chi connectivity index (χ4n) is 3.33. The zero-order chi connectivity index (χ0) is 15.3. The Labute approximate surface area is 128 Å². The predicted molar refractivity (Wildman–Crippen MR) is 84.1 cm³/mol. The molecular weight excluding hydrogens is 266 g/mol. The van der Waals surface area contributed by atoms with Gasteiger partial charge in [-0.05, 0) is 31.6 Å². The zero-order valence-corrected chi connectivity index (χ0v) is 13.6. The molecule has 1 amide bonds. The van der Waals surface area contributed by atoms with Gasteiger partial charge in [0, 0.05) is 32.7 Å². The van der Waals surface area contributed by atoms with Gasteiger partial charge in [-0.15, -0.1) is 0 Å². The molecule has 5 nitrogen and oxygen atoms in total. The van der Waals surface area contributed by atoms with Crippen LogP contribution in [0.2, 0.25) is 0 Å². The van der Waals surface area contributed by atoms with Crippen molar-refractivity contribution < 1.29 is 9.53 Å². The summed E-state index contributed by atoms with van der Waals surface area (Å²) in [5.41, 5.74) is 5.59. The largest absolute Gasteiger partial charge is 0.379 e. The number of hydrogen-bond acceptors (Lipinski definition) is 4. The van der Waals surface area contributed by atoms with Crippen LogP contribution < -0.4 is 5.73 Å². The van der Waals surface area contributed by atoms with E-state index in [0.29, 0.717) is 5.92 Å². The van der Waals surface area contributed by atoms with Crippen LogP contribution >= 0.6 is 0 Å². The summed E-state index contributed by atoms with van der Waals surface area (Å²) in [4.78, 5) is 17.0. The van der Waals surface area contributed by atoms with Crippen LogP contribution in [0.3, 0.4) is 0 Å². The molecular formula is C16H31N3O2. The molecule has 2 aliphatic heterocycles. The maximum Gasteiger partial charge on any atom is 0.242 e. The molecule has 2 heterocycles. The lowest BCUT2D eigenvalue weighted by Crippen LogP contribution is -2.56. The molecule has 2 saturated heterocycles. The first-order chi connectivity index (χ1) is 10.1. The number of morpholine rings is 1. The van der Waals surface area contributed by atoms with Gasteiger partial charge in [0.2, 0.25) is 5.91 Å². The van der Waals surface area contributed by atoms with E-state index in [1.165, 1.54) is 0 Å². The highest BCUT2D eigenvalue weighted by molar-refractivity contribution is 5.86. The summed E-state index contributed by atoms with van der Waals surface area (Å²) in [5, 5.41) is 0. The highest BCUT2D eigenvalue weighted by Crippen LogP contribution is 2.23. The molecule has 2 rings (SSSR count). The van der Waals surface area contributed by atoms with Crippen molar-refractivity contribution >= 4 is 5.91 Å². The second-order valence-electron chi connectivity index (χ2n) is 6.51. The molecule has 0 aromatic rings. The lowest BCUT2D eigenvalue weighted by molar-refractivity contribution is -0.138. The van der Waals surface area contributed by atoms with E-state index in [1.807, 2.05) is 18.7 Å². The van der Waals surface area contributed by atoms with E-state index in [2.05, 4.69) is 4.90 Å². The first-order valence-electron chi connectivity index (χ1n) is 8.47. The number of rotatable bonds is 5. The Balaban J connectivity index is 1.78. The summed E-state index contributed by atoms with van der Waals surface area (Å²) in [7, 11) is 0. The summed E-state index contributed by atoms with van der Waals surface area (Å²) in [6.45, 7) is 10.7. The van der Waals surface area contributed by atoms with Gasteiger partial charge in [-0.3, -0.25) is 9.69 Å². The third-order valence-corrected chi connectivity index (χ3v) is 5.21. The van der Waals surface area contributed by atoms with Crippen molar-refractivity contribution in [2.75, 3.05) is 45.9 Å². The minimum absolute atomic E-state index is 0.150. The van der Waals surface area contributed by atoms with E-state index in [4.69, 9.17) is 10.5 Å². The maximum atomic E-state index is 12.6. The van der Waals surface area contributed by atoms with Gasteiger partial charge in [-0.2, -0.15) is 0 Å². The van der Waals surface area contributed by atoms with Gasteiger partial charge in [-0.25, -0.2) is 0 Å². The Morgan fingerprint density at radius 3 is 2.24 bits per heavy atom. The fraction of sp³-hybridized carbons (Fsp3) is 0.938. The molecule has 0 aromatic heterocycles. The molecule has 0 bridgehead atoms. The van der Waals surface area contributed by atoms with E-state index < -0.39 is 5.54 Å². The number of piperidine rings is 1. The molecule has 5 heteroatoms. The summed E-state index contributed by atoms with van der Waals surface area (Å²) in [6, 6.07) is 0. The minimum Gasteiger partial charge on any atom is -0.379 e. The molecule has 0 unspecified atom stereocenters. The lowest BCUT2D eigenvalue weighted by atomic mass is 9.89. The maximum absolute atomic E-state index is 12.6. The standard InChI is InChI=1S/C16H31N3O2/c1-3-16(17,4-2)15(20)19-7-5-14(6-8-19)13-18-9-11-21-12-10-18/h14H,3-13,17H2,1-2H3. The van der Waals surface area contributed by atoms with Crippen molar-refractivity contribution in [3.05, 3.63) is 0 Å². The fourth-order valence-corrected chi connectivity index (χ4v) is 3.33. The summed E-state index contributed by atoms with van der Waals surface area (Å²) < 4.78 is 5.39. The molecule has 0 atom stereocenters. The Morgan fingerprint density at radius 2 is 1.71 bits per heavy atom. The van der Waals surface area contributed by atoms with E-state index in [9.17, 15) is 4.79 Å². The first kappa shape index (κ1) is 16.7. The van der Waals surface area contributed by atoms with E-state index in [0.717, 1.165) is 71.6 Å². The number of hydrogen-bond donors (Lipinski definition) is 1. The highest BCUT2D eigenvalue weighted by atomic mass is 16.5. The van der Waals surface area contributed by atoms with Crippen LogP contribution in [-0.2, 0) is 9.53 Å². The van der Waals surface area contributed by atoms with Gasteiger partial charge in [0.15, 0.2) is 0 Å². The van der Waals surface area contributed by atoms with Crippen molar-refractivity contribution in [1.29, 1.82) is 0 Å². The molecule has 0 aliphatic carbocycles. The minimum atomic E-state index is -0.656. The van der Waals surface area contributed by atoms with Crippen molar-refractivity contribution in [2.24, 2.45) is 11.7 Å². The Bertz CT molecular complexity index is 330. The van der Waals surface area contributed by atoms with E-state index in [1.54, 1.807) is 0 Å². The third kappa shape index (κ3) is 4.18. The van der Waals surface area contributed by atoms with E-state index >= 15 is 0 Å². The van der Waals surface area contributed by atoms with Gasteiger partial charge in [0.25, 0.3) is 0 Å². The first-order valence-corrected chi connectivity index (χ1v) is 8.47. The number of carbonyl (C=O) groups excluding carboxylic acids is 1. The topological polar surface area (TPSA) is 58.8 Å². The molecule has 0 saturated carbocycles. The lowest BCUT2D eigenvalue weighted by Gasteiger charge is -2.39. The van der Waals surface area contributed by atoms with Crippen LogP contribution in [0.4, 0.5) is 0 Å². The van der Waals surface area contributed by atoms with Crippen LogP contribution in [0.15, 0.2) is 0 Å². The Hall–Kier alpha value is -0.650. The predicted octanol–water partition coefficient (Wildman–Crippen LogP) is 1.07. The molecule has 0 radical (unpaired) electrons. The van der Waals surface area contributed by atoms with Gasteiger partial charge >= 0.3 is 0 Å². The molecule has 21 heavy (non-hydrogen) atoms. The SMILES string of the molecule is CCC(N)(CC)C(=O)N1CCC(CN2CCOCC2)CC1. The van der Waals surface area contributed by atoms with Crippen LogP contribution in [0, 0.1) is 5.92 Å². The zero-order valence-electron chi connectivity index (χ0n) is 13.6. The summed E-state index contributed by atoms with van der Waals surface area (Å²) in [5.74, 6) is 0.861. The number of amides is 1. The van der Waals surface area contributed by atoms with Crippen molar-refractivity contribution in [3.63, 3.8) is 0 Å². The summed E-state index contributed by atoms with van der Waals surface area (Å²) in [6.07, 6.45) is 3.64. The molecule has 0 aromatic carbocycles. The summed E-state index contributed by atoms with van der Waals surface area (Å²) >= 11 is 0. The van der Waals surface area contributed by atoms with Crippen LogP contribution in [0.5, 0.6) is 0 Å². The van der Waals surface area contributed by atoms with Crippen LogP contribution in [-0.4, -0.2) is 67.2 Å². The molecule has 2 N–H and O–H groups in total. The number of likely N-dealkylation sites (tertiary alicyclic amines) is 1. The monoisotopic (exact) mass is 297 g/mol. The normalized spacial score (nSPS) is 22.5. The smallest absolute Gasteiger partial charge is 0.242 e. The molecule has 122 valence electrons. The number of nitrogens with two attached hydrogens (primary N) is 1. The number of nitrogens with zero attached hydrogens (tertiary/aromatic N) is 2. The number of ether oxygens (including phenoxy) is 1. The van der Waals surface area contributed by atoms with Crippen molar-refractivity contribution in [3.8, 4) is 0 Å². The molecule has 0 spiro atoms.